The van der Waals surface area contributed by atoms with E-state index in [0.29, 0.717) is 5.41 Å². The van der Waals surface area contributed by atoms with Gasteiger partial charge < -0.3 is 0 Å². The Morgan fingerprint density at radius 1 is 1.44 bits per heavy atom. The van der Waals surface area contributed by atoms with Crippen molar-refractivity contribution in [2.24, 2.45) is 17.3 Å². The van der Waals surface area contributed by atoms with E-state index in [9.17, 15) is 0 Å². The molecule has 0 bridgehead atoms. The lowest BCUT2D eigenvalue weighted by atomic mass is 9.79. The van der Waals surface area contributed by atoms with Crippen LogP contribution < -0.4 is 0 Å². The highest BCUT2D eigenvalue weighted by atomic mass is 79.9. The molecule has 2 unspecified atom stereocenters. The largest absolute Gasteiger partial charge is 0.263 e. The summed E-state index contributed by atoms with van der Waals surface area (Å²) in [7, 11) is 0. The van der Waals surface area contributed by atoms with E-state index in [0.717, 1.165) is 28.6 Å². The molecule has 3 heteroatoms. The highest BCUT2D eigenvalue weighted by Gasteiger charge is 2.53. The van der Waals surface area contributed by atoms with Crippen molar-refractivity contribution < 1.29 is 0 Å². The molecule has 2 fully saturated rings. The molecule has 1 nitrogen and oxygen atoms in total. The summed E-state index contributed by atoms with van der Waals surface area (Å²) < 4.78 is 0. The fourth-order valence-electron chi connectivity index (χ4n) is 3.26. The smallest absolute Gasteiger partial charge is 0.0621 e. The molecule has 0 saturated heterocycles. The van der Waals surface area contributed by atoms with Crippen LogP contribution in [0.1, 0.15) is 24.8 Å². The Labute approximate surface area is 110 Å². The van der Waals surface area contributed by atoms with Gasteiger partial charge in [-0.05, 0) is 54.6 Å². The number of fused-ring (bicyclic) bond motifs is 1. The van der Waals surface area contributed by atoms with Crippen molar-refractivity contribution in [2.75, 3.05) is 5.33 Å². The lowest BCUT2D eigenvalue weighted by Gasteiger charge is -2.29. The molecule has 2 aliphatic carbocycles. The van der Waals surface area contributed by atoms with E-state index in [1.807, 2.05) is 6.20 Å². The van der Waals surface area contributed by atoms with Crippen LogP contribution in [0.4, 0.5) is 0 Å². The van der Waals surface area contributed by atoms with Gasteiger partial charge in [0.2, 0.25) is 0 Å². The Morgan fingerprint density at radius 2 is 2.19 bits per heavy atom. The molecule has 1 aromatic rings. The van der Waals surface area contributed by atoms with Crippen molar-refractivity contribution in [3.8, 4) is 0 Å². The third-order valence-corrected chi connectivity index (χ3v) is 5.69. The molecule has 86 valence electrons. The van der Waals surface area contributed by atoms with Gasteiger partial charge in [-0.1, -0.05) is 27.5 Å². The van der Waals surface area contributed by atoms with Crippen molar-refractivity contribution in [3.63, 3.8) is 0 Å². The Morgan fingerprint density at radius 3 is 2.81 bits per heavy atom. The van der Waals surface area contributed by atoms with E-state index in [-0.39, 0.29) is 0 Å². The zero-order valence-corrected chi connectivity index (χ0v) is 11.5. The third kappa shape index (κ3) is 1.91. The van der Waals surface area contributed by atoms with Crippen LogP contribution in [0, 0.1) is 17.3 Å². The summed E-state index contributed by atoms with van der Waals surface area (Å²) in [6, 6.07) is 2.07. The Balaban J connectivity index is 1.80. The molecule has 0 radical (unpaired) electrons. The summed E-state index contributed by atoms with van der Waals surface area (Å²) in [6.45, 7) is 0. The quantitative estimate of drug-likeness (QED) is 0.766. The molecule has 1 heterocycles. The van der Waals surface area contributed by atoms with E-state index >= 15 is 0 Å². The number of halogens is 2. The van der Waals surface area contributed by atoms with Crippen LogP contribution in [0.5, 0.6) is 0 Å². The van der Waals surface area contributed by atoms with Gasteiger partial charge in [-0.15, -0.1) is 0 Å². The van der Waals surface area contributed by atoms with Crippen molar-refractivity contribution >= 4 is 27.5 Å². The normalized spacial score (nSPS) is 36.1. The number of pyridine rings is 1. The zero-order valence-electron chi connectivity index (χ0n) is 9.13. The SMILES string of the molecule is Clc1cnccc1CC1(CBr)CC2CC2C1. The second-order valence-corrected chi connectivity index (χ2v) is 6.41. The standard InChI is InChI=1S/C13H15BrClN/c14-8-13(5-10-3-11(10)6-13)4-9-1-2-16-7-12(9)15/h1-2,7,10-11H,3-6,8H2. The topological polar surface area (TPSA) is 12.9 Å². The predicted octanol–water partition coefficient (Wildman–Crippen LogP) is 4.09. The number of nitrogens with zero attached hydrogens (tertiary/aromatic N) is 1. The summed E-state index contributed by atoms with van der Waals surface area (Å²) in [6.07, 6.45) is 8.93. The first-order valence-electron chi connectivity index (χ1n) is 5.87. The van der Waals surface area contributed by atoms with Crippen molar-refractivity contribution in [1.29, 1.82) is 0 Å². The minimum absolute atomic E-state index is 0.457. The molecule has 2 saturated carbocycles. The maximum absolute atomic E-state index is 6.19. The molecule has 0 amide bonds. The van der Waals surface area contributed by atoms with E-state index in [2.05, 4.69) is 27.0 Å². The molecule has 0 spiro atoms. The molecule has 2 atom stereocenters. The highest BCUT2D eigenvalue weighted by molar-refractivity contribution is 9.09. The molecule has 0 N–H and O–H groups in total. The van der Waals surface area contributed by atoms with Gasteiger partial charge in [0.1, 0.15) is 0 Å². The van der Waals surface area contributed by atoms with Crippen molar-refractivity contribution in [1.82, 2.24) is 4.98 Å². The summed E-state index contributed by atoms with van der Waals surface area (Å²) >= 11 is 9.90. The first-order valence-corrected chi connectivity index (χ1v) is 7.37. The maximum atomic E-state index is 6.19. The molecule has 1 aromatic heterocycles. The fraction of sp³-hybridized carbons (Fsp3) is 0.615. The summed E-state index contributed by atoms with van der Waals surface area (Å²) in [5, 5.41) is 1.93. The van der Waals surface area contributed by atoms with Gasteiger partial charge in [0.05, 0.1) is 5.02 Å². The predicted molar refractivity (Wildman–Crippen MR) is 70.0 cm³/mol. The molecule has 0 aromatic carbocycles. The molecular weight excluding hydrogens is 286 g/mol. The lowest BCUT2D eigenvalue weighted by molar-refractivity contribution is 0.308. The minimum atomic E-state index is 0.457. The number of alkyl halides is 1. The van der Waals surface area contributed by atoms with Crippen LogP contribution in [-0.2, 0) is 6.42 Å². The maximum Gasteiger partial charge on any atom is 0.0621 e. The molecular formula is C13H15BrClN. The Hall–Kier alpha value is -0.0800. The molecule has 3 rings (SSSR count). The van der Waals surface area contributed by atoms with Gasteiger partial charge in [-0.3, -0.25) is 4.98 Å². The molecule has 2 aliphatic rings. The molecule has 0 aliphatic heterocycles. The number of hydrogen-bond donors (Lipinski definition) is 0. The zero-order chi connectivity index (χ0) is 11.2. The monoisotopic (exact) mass is 299 g/mol. The Bertz CT molecular complexity index is 397. The van der Waals surface area contributed by atoms with Gasteiger partial charge in [0.25, 0.3) is 0 Å². The van der Waals surface area contributed by atoms with Crippen LogP contribution in [0.15, 0.2) is 18.5 Å². The first-order chi connectivity index (χ1) is 7.72. The van der Waals surface area contributed by atoms with E-state index in [1.54, 1.807) is 6.20 Å². The lowest BCUT2D eigenvalue weighted by Crippen LogP contribution is -2.23. The van der Waals surface area contributed by atoms with Crippen LogP contribution in [0.2, 0.25) is 5.02 Å². The van der Waals surface area contributed by atoms with Crippen molar-refractivity contribution in [3.05, 3.63) is 29.0 Å². The van der Waals surface area contributed by atoms with E-state index < -0.39 is 0 Å². The van der Waals surface area contributed by atoms with Crippen LogP contribution in [0.3, 0.4) is 0 Å². The van der Waals surface area contributed by atoms with Crippen molar-refractivity contribution in [2.45, 2.75) is 25.7 Å². The van der Waals surface area contributed by atoms with Crippen LogP contribution >= 0.6 is 27.5 Å². The number of hydrogen-bond acceptors (Lipinski definition) is 1. The van der Waals surface area contributed by atoms with Gasteiger partial charge in [0.15, 0.2) is 0 Å². The highest BCUT2D eigenvalue weighted by Crippen LogP contribution is 2.61. The second kappa shape index (κ2) is 3.99. The minimum Gasteiger partial charge on any atom is -0.263 e. The molecule has 16 heavy (non-hydrogen) atoms. The average molecular weight is 301 g/mol. The van der Waals surface area contributed by atoms with Crippen LogP contribution in [-0.4, -0.2) is 10.3 Å². The Kier molecular flexibility index (Phi) is 2.75. The average Bonchev–Trinajstić information content (AvgIpc) is 2.91. The first kappa shape index (κ1) is 11.0. The van der Waals surface area contributed by atoms with Crippen LogP contribution in [0.25, 0.3) is 0 Å². The fourth-order valence-corrected chi connectivity index (χ4v) is 4.10. The van der Waals surface area contributed by atoms with E-state index in [4.69, 9.17) is 11.6 Å². The summed E-state index contributed by atoms with van der Waals surface area (Å²) in [5.74, 6) is 2.02. The van der Waals surface area contributed by atoms with Gasteiger partial charge in [-0.25, -0.2) is 0 Å². The number of aromatic nitrogens is 1. The summed E-state index contributed by atoms with van der Waals surface area (Å²) in [4.78, 5) is 4.05. The van der Waals surface area contributed by atoms with Gasteiger partial charge in [-0.2, -0.15) is 0 Å². The van der Waals surface area contributed by atoms with E-state index in [1.165, 1.54) is 24.8 Å². The van der Waals surface area contributed by atoms with Gasteiger partial charge >= 0.3 is 0 Å². The van der Waals surface area contributed by atoms with Gasteiger partial charge in [0, 0.05) is 17.7 Å². The summed E-state index contributed by atoms with van der Waals surface area (Å²) in [5.41, 5.74) is 1.72. The second-order valence-electron chi connectivity index (χ2n) is 5.44. The third-order valence-electron chi connectivity index (χ3n) is 4.16. The number of rotatable bonds is 3.